The Kier molecular flexibility index (Phi) is 3.90. The maximum atomic E-state index is 12.1. The zero-order valence-corrected chi connectivity index (χ0v) is 13.2. The highest BCUT2D eigenvalue weighted by Crippen LogP contribution is 2.15. The van der Waals surface area contributed by atoms with E-state index in [0.717, 1.165) is 15.8 Å². The molecule has 0 spiro atoms. The summed E-state index contributed by atoms with van der Waals surface area (Å²) in [5.41, 5.74) is 2.23. The molecule has 0 amide bonds. The number of benzene rings is 1. The molecule has 0 N–H and O–H groups in total. The number of pyridine rings is 1. The number of carbonyl (C=O) groups excluding carboxylic acids is 1. The first kappa shape index (κ1) is 14.0. The summed E-state index contributed by atoms with van der Waals surface area (Å²) in [6.07, 6.45) is 6.90. The van der Waals surface area contributed by atoms with Gasteiger partial charge in [-0.15, -0.1) is 0 Å². The van der Waals surface area contributed by atoms with Gasteiger partial charge >= 0.3 is 0 Å². The van der Waals surface area contributed by atoms with Gasteiger partial charge in [0.15, 0.2) is 5.78 Å². The van der Waals surface area contributed by atoms with E-state index in [2.05, 4.69) is 20.9 Å². The number of fused-ring (bicyclic) bond motifs is 1. The molecule has 21 heavy (non-hydrogen) atoms. The maximum Gasteiger partial charge on any atom is 0.185 e. The molecule has 2 aromatic heterocycles. The Hall–Kier alpha value is -1.91. The molecule has 0 saturated carbocycles. The fraction of sp³-hybridized carbons (Fsp3) is 0. The Bertz CT molecular complexity index is 854. The average Bonchev–Trinajstić information content (AvgIpc) is 2.87. The molecule has 0 fully saturated rings. The number of allylic oxidation sites excluding steroid dienone is 1. The lowest BCUT2D eigenvalue weighted by Crippen LogP contribution is -1.94. The van der Waals surface area contributed by atoms with E-state index in [0.29, 0.717) is 10.6 Å². The number of rotatable bonds is 3. The molecule has 0 aliphatic heterocycles. The van der Waals surface area contributed by atoms with Crippen LogP contribution in [0.1, 0.15) is 16.1 Å². The second kappa shape index (κ2) is 5.84. The Morgan fingerprint density at radius 1 is 1.29 bits per heavy atom. The number of halogens is 2. The van der Waals surface area contributed by atoms with Crippen molar-refractivity contribution in [3.8, 4) is 0 Å². The monoisotopic (exact) mass is 360 g/mol. The third kappa shape index (κ3) is 3.06. The van der Waals surface area contributed by atoms with Gasteiger partial charge in [-0.3, -0.25) is 9.20 Å². The van der Waals surface area contributed by atoms with E-state index in [9.17, 15) is 4.79 Å². The molecule has 0 bridgehead atoms. The normalized spacial score (nSPS) is 11.3. The molecule has 3 rings (SSSR count). The number of hydrogen-bond acceptors (Lipinski definition) is 2. The molecule has 0 unspecified atom stereocenters. The van der Waals surface area contributed by atoms with Crippen LogP contribution in [0.5, 0.6) is 0 Å². The molecule has 0 saturated heterocycles. The Balaban J connectivity index is 1.91. The molecular weight excluding hydrogens is 352 g/mol. The largest absolute Gasteiger partial charge is 0.299 e. The van der Waals surface area contributed by atoms with Crippen molar-refractivity contribution >= 4 is 45.0 Å². The molecule has 104 valence electrons. The van der Waals surface area contributed by atoms with Crippen molar-refractivity contribution in [1.82, 2.24) is 9.38 Å². The van der Waals surface area contributed by atoms with Crippen molar-refractivity contribution in [2.75, 3.05) is 0 Å². The van der Waals surface area contributed by atoms with Crippen LogP contribution in [0, 0.1) is 0 Å². The fourth-order valence-corrected chi connectivity index (χ4v) is 2.52. The summed E-state index contributed by atoms with van der Waals surface area (Å²) in [5.74, 6) is -0.0950. The molecule has 0 aliphatic rings. The summed E-state index contributed by atoms with van der Waals surface area (Å²) in [5, 5.41) is 0.549. The average molecular weight is 362 g/mol. The topological polar surface area (TPSA) is 34.4 Å². The van der Waals surface area contributed by atoms with E-state index < -0.39 is 0 Å². The number of imidazole rings is 1. The van der Waals surface area contributed by atoms with Crippen LogP contribution in [-0.2, 0) is 0 Å². The van der Waals surface area contributed by atoms with Crippen molar-refractivity contribution in [2.45, 2.75) is 0 Å². The van der Waals surface area contributed by atoms with Gasteiger partial charge in [0.2, 0.25) is 0 Å². The molecule has 0 radical (unpaired) electrons. The first-order valence-corrected chi connectivity index (χ1v) is 7.41. The van der Waals surface area contributed by atoms with Crippen LogP contribution in [0.15, 0.2) is 59.3 Å². The Labute approximate surface area is 135 Å². The lowest BCUT2D eigenvalue weighted by molar-refractivity contribution is 0.104. The standard InChI is InChI=1S/C16H10BrClN2O/c17-12-4-7-16-19-9-14(20(16)10-12)5-6-15(21)11-2-1-3-13(18)8-11/h1-10H/b6-5+. The molecule has 2 heterocycles. The van der Waals surface area contributed by atoms with Crippen LogP contribution in [-0.4, -0.2) is 15.2 Å². The molecular formula is C16H10BrClN2O. The van der Waals surface area contributed by atoms with E-state index in [4.69, 9.17) is 11.6 Å². The van der Waals surface area contributed by atoms with Crippen LogP contribution < -0.4 is 0 Å². The third-order valence-corrected chi connectivity index (χ3v) is 3.72. The third-order valence-electron chi connectivity index (χ3n) is 3.01. The minimum absolute atomic E-state index is 0.0950. The van der Waals surface area contributed by atoms with Crippen molar-refractivity contribution in [3.63, 3.8) is 0 Å². The van der Waals surface area contributed by atoms with Gasteiger partial charge in [-0.05, 0) is 52.3 Å². The smallest absolute Gasteiger partial charge is 0.185 e. The van der Waals surface area contributed by atoms with Gasteiger partial charge in [-0.25, -0.2) is 4.98 Å². The van der Waals surface area contributed by atoms with E-state index in [-0.39, 0.29) is 5.78 Å². The summed E-state index contributed by atoms with van der Waals surface area (Å²) >= 11 is 9.31. The van der Waals surface area contributed by atoms with Gasteiger partial charge < -0.3 is 0 Å². The molecule has 0 atom stereocenters. The number of hydrogen-bond donors (Lipinski definition) is 0. The van der Waals surface area contributed by atoms with Crippen molar-refractivity contribution in [3.05, 3.63) is 75.6 Å². The highest BCUT2D eigenvalue weighted by Gasteiger charge is 2.04. The Morgan fingerprint density at radius 3 is 2.95 bits per heavy atom. The first-order chi connectivity index (χ1) is 10.1. The minimum Gasteiger partial charge on any atom is -0.299 e. The molecule has 5 heteroatoms. The van der Waals surface area contributed by atoms with Gasteiger partial charge in [-0.1, -0.05) is 23.7 Å². The van der Waals surface area contributed by atoms with Gasteiger partial charge in [-0.2, -0.15) is 0 Å². The van der Waals surface area contributed by atoms with Crippen LogP contribution in [0.3, 0.4) is 0 Å². The lowest BCUT2D eigenvalue weighted by Gasteiger charge is -1.98. The highest BCUT2D eigenvalue weighted by atomic mass is 79.9. The SMILES string of the molecule is O=C(/C=C/c1cnc2ccc(Br)cn12)c1cccc(Cl)c1. The summed E-state index contributed by atoms with van der Waals surface area (Å²) in [6, 6.07) is 10.7. The van der Waals surface area contributed by atoms with E-state index in [1.807, 2.05) is 22.7 Å². The fourth-order valence-electron chi connectivity index (χ4n) is 2.00. The second-order valence-corrected chi connectivity index (χ2v) is 5.82. The van der Waals surface area contributed by atoms with Crippen LogP contribution in [0.2, 0.25) is 5.02 Å². The van der Waals surface area contributed by atoms with Crippen LogP contribution in [0.4, 0.5) is 0 Å². The van der Waals surface area contributed by atoms with Crippen molar-refractivity contribution < 1.29 is 4.79 Å². The van der Waals surface area contributed by atoms with Gasteiger partial charge in [0, 0.05) is 21.3 Å². The lowest BCUT2D eigenvalue weighted by atomic mass is 10.1. The number of aromatic nitrogens is 2. The molecule has 0 aliphatic carbocycles. The summed E-state index contributed by atoms with van der Waals surface area (Å²) in [4.78, 5) is 16.4. The minimum atomic E-state index is -0.0950. The zero-order chi connectivity index (χ0) is 14.8. The van der Waals surface area contributed by atoms with Crippen LogP contribution >= 0.6 is 27.5 Å². The number of carbonyl (C=O) groups is 1. The maximum absolute atomic E-state index is 12.1. The summed E-state index contributed by atoms with van der Waals surface area (Å²) < 4.78 is 2.86. The van der Waals surface area contributed by atoms with Gasteiger partial charge in [0.25, 0.3) is 0 Å². The van der Waals surface area contributed by atoms with Crippen molar-refractivity contribution in [1.29, 1.82) is 0 Å². The number of nitrogens with zero attached hydrogens (tertiary/aromatic N) is 2. The van der Waals surface area contributed by atoms with E-state index in [1.165, 1.54) is 6.08 Å². The second-order valence-electron chi connectivity index (χ2n) is 4.47. The predicted octanol–water partition coefficient (Wildman–Crippen LogP) is 4.65. The van der Waals surface area contributed by atoms with Crippen LogP contribution in [0.25, 0.3) is 11.7 Å². The zero-order valence-electron chi connectivity index (χ0n) is 10.8. The first-order valence-electron chi connectivity index (χ1n) is 6.24. The molecule has 3 nitrogen and oxygen atoms in total. The summed E-state index contributed by atoms with van der Waals surface area (Å²) in [7, 11) is 0. The predicted molar refractivity (Wildman–Crippen MR) is 87.7 cm³/mol. The van der Waals surface area contributed by atoms with Crippen molar-refractivity contribution in [2.24, 2.45) is 0 Å². The van der Waals surface area contributed by atoms with Gasteiger partial charge in [0.05, 0.1) is 11.9 Å². The Morgan fingerprint density at radius 2 is 2.14 bits per heavy atom. The highest BCUT2D eigenvalue weighted by molar-refractivity contribution is 9.10. The molecule has 3 aromatic rings. The van der Waals surface area contributed by atoms with E-state index >= 15 is 0 Å². The molecule has 1 aromatic carbocycles. The summed E-state index contributed by atoms with van der Waals surface area (Å²) in [6.45, 7) is 0. The van der Waals surface area contributed by atoms with Gasteiger partial charge in [0.1, 0.15) is 5.65 Å². The number of ketones is 1. The quantitative estimate of drug-likeness (QED) is 0.503. The van der Waals surface area contributed by atoms with E-state index in [1.54, 1.807) is 36.5 Å².